The van der Waals surface area contributed by atoms with E-state index in [1.54, 1.807) is 0 Å². The molecule has 0 radical (unpaired) electrons. The van der Waals surface area contributed by atoms with Crippen molar-refractivity contribution in [3.05, 3.63) is 75.5 Å². The van der Waals surface area contributed by atoms with Gasteiger partial charge in [0.15, 0.2) is 0 Å². The number of benzene rings is 2. The maximum atomic E-state index is 12.7. The predicted octanol–water partition coefficient (Wildman–Crippen LogP) is 4.51. The highest BCUT2D eigenvalue weighted by Gasteiger charge is 2.23. The van der Waals surface area contributed by atoms with Crippen molar-refractivity contribution in [2.75, 3.05) is 6.61 Å². The second-order valence-corrected chi connectivity index (χ2v) is 7.65. The van der Waals surface area contributed by atoms with Crippen molar-refractivity contribution in [2.24, 2.45) is 0 Å². The van der Waals surface area contributed by atoms with Crippen molar-refractivity contribution < 1.29 is 9.53 Å². The summed E-state index contributed by atoms with van der Waals surface area (Å²) < 4.78 is 8.54. The van der Waals surface area contributed by atoms with Gasteiger partial charge in [0.05, 0.1) is 24.0 Å². The normalized spacial score (nSPS) is 15.7. The van der Waals surface area contributed by atoms with Crippen LogP contribution in [0.25, 0.3) is 5.69 Å². The lowest BCUT2D eigenvalue weighted by atomic mass is 10.00. The first-order valence-corrected chi connectivity index (χ1v) is 9.67. The van der Waals surface area contributed by atoms with Gasteiger partial charge in [-0.2, -0.15) is 5.10 Å². The monoisotopic (exact) mass is 425 g/mol. The number of nitrogens with zero attached hydrogens (tertiary/aromatic N) is 2. The molecule has 0 aliphatic carbocycles. The molecule has 1 unspecified atom stereocenters. The van der Waals surface area contributed by atoms with Crippen LogP contribution in [0.15, 0.2) is 53.0 Å². The van der Waals surface area contributed by atoms with Gasteiger partial charge in [-0.05, 0) is 62.4 Å². The van der Waals surface area contributed by atoms with Crippen LogP contribution in [0.3, 0.4) is 0 Å². The number of amides is 1. The molecule has 2 aromatic carbocycles. The Morgan fingerprint density at radius 3 is 2.67 bits per heavy atom. The van der Waals surface area contributed by atoms with Gasteiger partial charge in [-0.3, -0.25) is 4.79 Å². The van der Waals surface area contributed by atoms with E-state index in [-0.39, 0.29) is 11.9 Å². The van der Waals surface area contributed by atoms with Crippen molar-refractivity contribution in [2.45, 2.75) is 26.3 Å². The minimum atomic E-state index is -0.0901. The fourth-order valence-electron chi connectivity index (χ4n) is 3.40. The van der Waals surface area contributed by atoms with Crippen LogP contribution in [0.2, 0.25) is 0 Å². The highest BCUT2D eigenvalue weighted by molar-refractivity contribution is 9.10. The zero-order chi connectivity index (χ0) is 19.0. The van der Waals surface area contributed by atoms with Crippen molar-refractivity contribution >= 4 is 21.8 Å². The van der Waals surface area contributed by atoms with E-state index in [1.165, 1.54) is 0 Å². The fourth-order valence-corrected chi connectivity index (χ4v) is 3.78. The molecule has 1 aliphatic heterocycles. The summed E-state index contributed by atoms with van der Waals surface area (Å²) in [7, 11) is 0. The predicted molar refractivity (Wildman–Crippen MR) is 107 cm³/mol. The number of halogens is 1. The first kappa shape index (κ1) is 17.8. The van der Waals surface area contributed by atoms with Gasteiger partial charge in [0, 0.05) is 27.7 Å². The largest absolute Gasteiger partial charge is 0.493 e. The third-order valence-electron chi connectivity index (χ3n) is 4.70. The molecule has 3 aromatic rings. The number of carbonyl (C=O) groups is 1. The number of rotatable bonds is 3. The van der Waals surface area contributed by atoms with Crippen LogP contribution in [-0.4, -0.2) is 22.3 Å². The van der Waals surface area contributed by atoms with E-state index in [2.05, 4.69) is 26.3 Å². The molecule has 1 atom stereocenters. The molecular weight excluding hydrogens is 406 g/mol. The lowest BCUT2D eigenvalue weighted by molar-refractivity contribution is 0.0925. The number of nitrogens with one attached hydrogen (secondary N) is 1. The van der Waals surface area contributed by atoms with Gasteiger partial charge in [-0.15, -0.1) is 0 Å². The molecule has 0 spiro atoms. The summed E-state index contributed by atoms with van der Waals surface area (Å²) in [5, 5.41) is 7.61. The first-order valence-electron chi connectivity index (χ1n) is 8.88. The number of ether oxygens (including phenoxy) is 1. The highest BCUT2D eigenvalue weighted by atomic mass is 79.9. The van der Waals surface area contributed by atoms with Crippen LogP contribution < -0.4 is 10.1 Å². The molecular formula is C21H20BrN3O2. The summed E-state index contributed by atoms with van der Waals surface area (Å²) >= 11 is 3.49. The summed E-state index contributed by atoms with van der Waals surface area (Å²) in [6.45, 7) is 4.58. The Kier molecular flexibility index (Phi) is 4.74. The molecule has 4 rings (SSSR count). The van der Waals surface area contributed by atoms with Gasteiger partial charge in [0.2, 0.25) is 0 Å². The minimum Gasteiger partial charge on any atom is -0.493 e. The van der Waals surface area contributed by atoms with Crippen LogP contribution in [-0.2, 0) is 0 Å². The van der Waals surface area contributed by atoms with E-state index in [1.807, 2.05) is 67.1 Å². The van der Waals surface area contributed by atoms with Gasteiger partial charge < -0.3 is 10.1 Å². The molecule has 5 nitrogen and oxygen atoms in total. The summed E-state index contributed by atoms with van der Waals surface area (Å²) in [6.07, 6.45) is 0.749. The van der Waals surface area contributed by atoms with Crippen LogP contribution in [0.5, 0.6) is 5.75 Å². The molecule has 0 bridgehead atoms. The molecule has 1 aromatic heterocycles. The van der Waals surface area contributed by atoms with E-state index in [0.717, 1.165) is 39.3 Å². The van der Waals surface area contributed by atoms with Crippen molar-refractivity contribution in [1.29, 1.82) is 0 Å². The number of fused-ring (bicyclic) bond motifs is 1. The van der Waals surface area contributed by atoms with E-state index < -0.39 is 0 Å². The smallest absolute Gasteiger partial charge is 0.251 e. The van der Waals surface area contributed by atoms with Gasteiger partial charge in [-0.1, -0.05) is 15.9 Å². The highest BCUT2D eigenvalue weighted by Crippen LogP contribution is 2.34. The zero-order valence-electron chi connectivity index (χ0n) is 15.2. The summed E-state index contributed by atoms with van der Waals surface area (Å²) in [4.78, 5) is 12.7. The van der Waals surface area contributed by atoms with Crippen molar-refractivity contribution in [3.63, 3.8) is 0 Å². The molecule has 0 fully saturated rings. The van der Waals surface area contributed by atoms with Crippen molar-refractivity contribution in [1.82, 2.24) is 15.1 Å². The summed E-state index contributed by atoms with van der Waals surface area (Å²) in [6, 6.07) is 15.4. The van der Waals surface area contributed by atoms with Crippen LogP contribution in [0.4, 0.5) is 0 Å². The number of carbonyl (C=O) groups excluding carboxylic acids is 1. The van der Waals surface area contributed by atoms with E-state index in [9.17, 15) is 4.79 Å². The van der Waals surface area contributed by atoms with Gasteiger partial charge in [-0.25, -0.2) is 4.68 Å². The zero-order valence-corrected chi connectivity index (χ0v) is 16.8. The Balaban J connectivity index is 1.53. The van der Waals surface area contributed by atoms with Gasteiger partial charge in [0.25, 0.3) is 5.91 Å². The minimum absolute atomic E-state index is 0.0607. The molecule has 27 heavy (non-hydrogen) atoms. The molecule has 1 N–H and O–H groups in total. The second kappa shape index (κ2) is 7.19. The quantitative estimate of drug-likeness (QED) is 0.671. The molecule has 138 valence electrons. The molecule has 1 aliphatic rings. The molecule has 2 heterocycles. The van der Waals surface area contributed by atoms with Gasteiger partial charge in [0.1, 0.15) is 5.75 Å². The summed E-state index contributed by atoms with van der Waals surface area (Å²) in [5.74, 6) is 0.738. The van der Waals surface area contributed by atoms with Crippen LogP contribution in [0, 0.1) is 13.8 Å². The summed E-state index contributed by atoms with van der Waals surface area (Å²) in [5.41, 5.74) is 4.61. The molecule has 0 saturated carbocycles. The Morgan fingerprint density at radius 2 is 1.96 bits per heavy atom. The molecule has 0 saturated heterocycles. The fraction of sp³-hybridized carbons (Fsp3) is 0.238. The number of aryl methyl sites for hydroxylation is 2. The third-order valence-corrected chi connectivity index (χ3v) is 5.19. The Labute approximate surface area is 166 Å². The van der Waals surface area contributed by atoms with Crippen molar-refractivity contribution in [3.8, 4) is 11.4 Å². The van der Waals surface area contributed by atoms with E-state index in [4.69, 9.17) is 4.74 Å². The average molecular weight is 426 g/mol. The first-order chi connectivity index (χ1) is 13.0. The molecule has 1 amide bonds. The van der Waals surface area contributed by atoms with Gasteiger partial charge >= 0.3 is 0 Å². The third kappa shape index (κ3) is 3.62. The maximum absolute atomic E-state index is 12.7. The SMILES string of the molecule is Cc1cc(C)n(-c2ccc(C(=O)NC3CCOc4ccc(Br)cc43)cc2)n1. The van der Waals surface area contributed by atoms with E-state index >= 15 is 0 Å². The van der Waals surface area contributed by atoms with Crippen LogP contribution in [0.1, 0.15) is 39.8 Å². The Hall–Kier alpha value is -2.60. The number of hydrogen-bond donors (Lipinski definition) is 1. The lowest BCUT2D eigenvalue weighted by Gasteiger charge is -2.27. The average Bonchev–Trinajstić information content (AvgIpc) is 3.00. The maximum Gasteiger partial charge on any atom is 0.251 e. The van der Waals surface area contributed by atoms with Crippen LogP contribution >= 0.6 is 15.9 Å². The Morgan fingerprint density at radius 1 is 1.19 bits per heavy atom. The standard InChI is InChI=1S/C21H20BrN3O2/c1-13-11-14(2)25(24-13)17-6-3-15(4-7-17)21(26)23-19-9-10-27-20-8-5-16(22)12-18(19)20/h3-8,11-12,19H,9-10H2,1-2H3,(H,23,26). The Bertz CT molecular complexity index is 995. The second-order valence-electron chi connectivity index (χ2n) is 6.73. The number of aromatic nitrogens is 2. The molecule has 6 heteroatoms. The lowest BCUT2D eigenvalue weighted by Crippen LogP contribution is -2.32. The van der Waals surface area contributed by atoms with E-state index in [0.29, 0.717) is 12.2 Å². The topological polar surface area (TPSA) is 56.2 Å². The number of hydrogen-bond acceptors (Lipinski definition) is 3.